The Hall–Kier alpha value is -4.82. The Labute approximate surface area is 284 Å². The van der Waals surface area contributed by atoms with Gasteiger partial charge in [0.05, 0.1) is 12.1 Å². The highest BCUT2D eigenvalue weighted by atomic mass is 32.1. The number of aromatic nitrogens is 1. The van der Waals surface area contributed by atoms with Crippen LogP contribution in [-0.2, 0) is 36.8 Å². The number of thiol groups is 1. The number of nitrogens with one attached hydrogen (secondary N) is 6. The maximum absolute atomic E-state index is 13.8. The monoisotopic (exact) mass is 676 g/mol. The van der Waals surface area contributed by atoms with Crippen LogP contribution < -0.4 is 38.1 Å². The Kier molecular flexibility index (Phi) is 12.3. The molecule has 4 rings (SSSR count). The molecular formula is C34H44N8O5S. The molecule has 0 spiro atoms. The Morgan fingerprint density at radius 3 is 1.96 bits per heavy atom. The minimum Gasteiger partial charge on any atom is -0.371 e. The fourth-order valence-electron chi connectivity index (χ4n) is 5.49. The number of hydrogen-bond donors (Lipinski definition) is 9. The van der Waals surface area contributed by atoms with Gasteiger partial charge in [-0.25, -0.2) is 0 Å². The van der Waals surface area contributed by atoms with Crippen molar-refractivity contribution < 1.29 is 24.0 Å². The van der Waals surface area contributed by atoms with E-state index in [4.69, 9.17) is 11.5 Å². The molecule has 5 amide bonds. The largest absolute Gasteiger partial charge is 0.371 e. The van der Waals surface area contributed by atoms with Crippen molar-refractivity contribution in [3.63, 3.8) is 0 Å². The predicted octanol–water partition coefficient (Wildman–Crippen LogP) is 0.658. The van der Waals surface area contributed by atoms with Gasteiger partial charge in [0.2, 0.25) is 29.5 Å². The lowest BCUT2D eigenvalue weighted by atomic mass is 9.95. The zero-order valence-electron chi connectivity index (χ0n) is 27.2. The van der Waals surface area contributed by atoms with E-state index in [0.29, 0.717) is 17.0 Å². The van der Waals surface area contributed by atoms with E-state index in [1.165, 1.54) is 6.92 Å². The third kappa shape index (κ3) is 8.75. The highest BCUT2D eigenvalue weighted by molar-refractivity contribution is 7.84. The van der Waals surface area contributed by atoms with Crippen molar-refractivity contribution in [1.82, 2.24) is 31.6 Å². The van der Waals surface area contributed by atoms with Gasteiger partial charge in [0.25, 0.3) is 0 Å². The molecule has 3 aromatic rings. The summed E-state index contributed by atoms with van der Waals surface area (Å²) in [4.78, 5) is 68.5. The molecule has 13 nitrogen and oxygen atoms in total. The number of nitrogens with two attached hydrogens (primary N) is 2. The third-order valence-electron chi connectivity index (χ3n) is 8.31. The SMILES string of the molecule is CC[C@H](NC(=O)[C@@H](C)N)C(=O)N[C@H](Cc1ccccc1)C(=O)N[C@@H](CC)C(=O)N[C@@H](Cc1c[nH]c2ccccc12)C1=C(S)[C@@H](C(N)=O)N1. The number of fused-ring (bicyclic) bond motifs is 1. The fourth-order valence-corrected chi connectivity index (χ4v) is 5.90. The van der Waals surface area contributed by atoms with E-state index >= 15 is 0 Å². The number of rotatable bonds is 16. The minimum absolute atomic E-state index is 0.144. The van der Waals surface area contributed by atoms with Gasteiger partial charge in [-0.3, -0.25) is 24.0 Å². The molecule has 0 bridgehead atoms. The van der Waals surface area contributed by atoms with Crippen LogP contribution in [0.4, 0.5) is 0 Å². The Bertz CT molecular complexity index is 1670. The summed E-state index contributed by atoms with van der Waals surface area (Å²) in [6.07, 6.45) is 2.88. The third-order valence-corrected chi connectivity index (χ3v) is 8.81. The predicted molar refractivity (Wildman–Crippen MR) is 186 cm³/mol. The molecular weight excluding hydrogens is 632 g/mol. The summed E-state index contributed by atoms with van der Waals surface area (Å²) >= 11 is 4.51. The molecule has 2 aromatic carbocycles. The van der Waals surface area contributed by atoms with Crippen LogP contribution in [0.3, 0.4) is 0 Å². The summed E-state index contributed by atoms with van der Waals surface area (Å²) in [6.45, 7) is 5.00. The summed E-state index contributed by atoms with van der Waals surface area (Å²) < 4.78 is 0. The number of benzene rings is 2. The molecule has 48 heavy (non-hydrogen) atoms. The van der Waals surface area contributed by atoms with Crippen LogP contribution in [0, 0.1) is 0 Å². The van der Waals surface area contributed by atoms with Gasteiger partial charge in [-0.15, -0.1) is 12.6 Å². The standard InChI is InChI=1S/C34H44N8O5S/c1-4-22(38-31(44)18(3)35)33(46)41-26(15-19-11-7-6-8-12-19)34(47)39-23(5-2)32(45)40-25(27-29(48)28(42-27)30(36)43)16-20-17-37-24-14-10-9-13-21(20)24/h6-14,17-18,22-23,25-26,28,37,42,48H,4-5,15-16,35H2,1-3H3,(H2,36,43)(H,38,44)(H,39,47)(H,40,45)(H,41,46)/t18-,22+,23+,25+,26-,28+/m1/s1. The normalized spacial score (nSPS) is 17.1. The average molecular weight is 677 g/mol. The van der Waals surface area contributed by atoms with Gasteiger partial charge < -0.3 is 43.0 Å². The van der Waals surface area contributed by atoms with E-state index in [9.17, 15) is 24.0 Å². The second kappa shape index (κ2) is 16.3. The maximum atomic E-state index is 13.8. The first-order valence-corrected chi connectivity index (χ1v) is 16.4. The summed E-state index contributed by atoms with van der Waals surface area (Å²) in [5.74, 6) is -2.66. The molecule has 1 aliphatic heterocycles. The van der Waals surface area contributed by atoms with Gasteiger partial charge in [-0.05, 0) is 37.0 Å². The first-order chi connectivity index (χ1) is 22.9. The summed E-state index contributed by atoms with van der Waals surface area (Å²) in [6, 6.07) is 11.8. The molecule has 256 valence electrons. The highest BCUT2D eigenvalue weighted by Crippen LogP contribution is 2.28. The highest BCUT2D eigenvalue weighted by Gasteiger charge is 2.37. The van der Waals surface area contributed by atoms with Gasteiger partial charge in [-0.1, -0.05) is 62.4 Å². The van der Waals surface area contributed by atoms with Gasteiger partial charge >= 0.3 is 0 Å². The molecule has 6 atom stereocenters. The van der Waals surface area contributed by atoms with Crippen LogP contribution in [0.2, 0.25) is 0 Å². The first kappa shape index (κ1) is 36.0. The molecule has 0 saturated carbocycles. The number of carbonyl (C=O) groups excluding carboxylic acids is 5. The number of hydrogen-bond acceptors (Lipinski definition) is 8. The number of para-hydroxylation sites is 1. The van der Waals surface area contributed by atoms with Gasteiger partial charge in [0, 0.05) is 40.5 Å². The second-order valence-electron chi connectivity index (χ2n) is 11.9. The van der Waals surface area contributed by atoms with Crippen molar-refractivity contribution in [1.29, 1.82) is 0 Å². The van der Waals surface area contributed by atoms with Crippen LogP contribution in [0.15, 0.2) is 71.4 Å². The molecule has 1 aliphatic rings. The first-order valence-electron chi connectivity index (χ1n) is 16.0. The van der Waals surface area contributed by atoms with Gasteiger partial charge in [0.1, 0.15) is 24.2 Å². The summed E-state index contributed by atoms with van der Waals surface area (Å²) in [5.41, 5.74) is 14.4. The van der Waals surface area contributed by atoms with Gasteiger partial charge in [-0.2, -0.15) is 0 Å². The van der Waals surface area contributed by atoms with Gasteiger partial charge in [0.15, 0.2) is 0 Å². The van der Waals surface area contributed by atoms with Crippen molar-refractivity contribution in [2.75, 3.05) is 0 Å². The Morgan fingerprint density at radius 1 is 0.792 bits per heavy atom. The van der Waals surface area contributed by atoms with Crippen molar-refractivity contribution in [2.24, 2.45) is 11.5 Å². The van der Waals surface area contributed by atoms with Crippen LogP contribution in [-0.4, -0.2) is 70.8 Å². The zero-order valence-corrected chi connectivity index (χ0v) is 28.1. The van der Waals surface area contributed by atoms with Crippen LogP contribution in [0.25, 0.3) is 10.9 Å². The number of carbonyl (C=O) groups is 5. The molecule has 1 aromatic heterocycles. The lowest BCUT2D eigenvalue weighted by Crippen LogP contribution is -2.60. The second-order valence-corrected chi connectivity index (χ2v) is 12.4. The van der Waals surface area contributed by atoms with E-state index in [1.54, 1.807) is 13.8 Å². The van der Waals surface area contributed by atoms with E-state index in [-0.39, 0.29) is 19.3 Å². The summed E-state index contributed by atoms with van der Waals surface area (Å²) in [7, 11) is 0. The van der Waals surface area contributed by atoms with Crippen molar-refractivity contribution in [3.05, 3.63) is 82.5 Å². The van der Waals surface area contributed by atoms with E-state index in [2.05, 4.69) is 44.2 Å². The minimum atomic E-state index is -1.05. The van der Waals surface area contributed by atoms with Crippen molar-refractivity contribution >= 4 is 53.1 Å². The van der Waals surface area contributed by atoms with Crippen LogP contribution in [0.5, 0.6) is 0 Å². The number of amides is 5. The number of H-pyrrole nitrogens is 1. The fraction of sp³-hybridized carbons (Fsp3) is 0.382. The van der Waals surface area contributed by atoms with E-state index in [0.717, 1.165) is 22.0 Å². The van der Waals surface area contributed by atoms with E-state index < -0.39 is 65.8 Å². The molecule has 14 heteroatoms. The molecule has 0 fully saturated rings. The smallest absolute Gasteiger partial charge is 0.245 e. The molecule has 2 heterocycles. The lowest BCUT2D eigenvalue weighted by Gasteiger charge is -2.36. The quantitative estimate of drug-likeness (QED) is 0.0988. The molecule has 0 unspecified atom stereocenters. The Balaban J connectivity index is 1.53. The number of primary amides is 1. The van der Waals surface area contributed by atoms with Crippen LogP contribution >= 0.6 is 12.6 Å². The lowest BCUT2D eigenvalue weighted by molar-refractivity contribution is -0.134. The van der Waals surface area contributed by atoms with Crippen molar-refractivity contribution in [3.8, 4) is 0 Å². The van der Waals surface area contributed by atoms with E-state index in [1.807, 2.05) is 60.8 Å². The van der Waals surface area contributed by atoms with Crippen LogP contribution in [0.1, 0.15) is 44.7 Å². The molecule has 0 aliphatic carbocycles. The zero-order chi connectivity index (χ0) is 35.0. The maximum Gasteiger partial charge on any atom is 0.245 e. The molecule has 10 N–H and O–H groups in total. The Morgan fingerprint density at radius 2 is 1.35 bits per heavy atom. The molecule has 0 radical (unpaired) electrons. The molecule has 0 saturated heterocycles. The average Bonchev–Trinajstić information content (AvgIpc) is 3.47. The summed E-state index contributed by atoms with van der Waals surface area (Å²) in [5, 5.41) is 15.2. The number of aromatic amines is 1. The van der Waals surface area contributed by atoms with Crippen molar-refractivity contribution in [2.45, 2.75) is 82.7 Å². The topological polar surface area (TPSA) is 213 Å².